The van der Waals surface area contributed by atoms with E-state index >= 15 is 0 Å². The quantitative estimate of drug-likeness (QED) is 0.559. The fourth-order valence-electron chi connectivity index (χ4n) is 1.61. The fraction of sp³-hybridized carbons (Fsp3) is 0.571. The van der Waals surface area contributed by atoms with E-state index in [-0.39, 0.29) is 6.79 Å². The van der Waals surface area contributed by atoms with Gasteiger partial charge in [-0.1, -0.05) is 18.5 Å². The second kappa shape index (κ2) is 9.02. The Hall–Kier alpha value is -0.970. The third kappa shape index (κ3) is 5.27. The van der Waals surface area contributed by atoms with Crippen molar-refractivity contribution < 1.29 is 14.2 Å². The third-order valence-corrected chi connectivity index (χ3v) is 2.82. The summed E-state index contributed by atoms with van der Waals surface area (Å²) in [4.78, 5) is 0. The van der Waals surface area contributed by atoms with Gasteiger partial charge in [0.1, 0.15) is 0 Å². The molecule has 0 heterocycles. The van der Waals surface area contributed by atoms with E-state index in [1.807, 2.05) is 19.1 Å². The van der Waals surface area contributed by atoms with Crippen LogP contribution in [-0.4, -0.2) is 27.1 Å². The molecule has 0 aliphatic heterocycles. The zero-order chi connectivity index (χ0) is 14.1. The molecule has 1 aromatic carbocycles. The predicted molar refractivity (Wildman–Crippen MR) is 77.1 cm³/mol. The Morgan fingerprint density at radius 2 is 2.05 bits per heavy atom. The SMILES string of the molecule is CCCNCc1cc(Cl)c(OCOCC)c(OC)c1. The molecule has 0 bridgehead atoms. The highest BCUT2D eigenvalue weighted by molar-refractivity contribution is 6.32. The summed E-state index contributed by atoms with van der Waals surface area (Å²) in [5, 5.41) is 3.86. The Bertz CT molecular complexity index is 385. The lowest BCUT2D eigenvalue weighted by Crippen LogP contribution is -2.14. The highest BCUT2D eigenvalue weighted by atomic mass is 35.5. The number of hydrogen-bond donors (Lipinski definition) is 1. The van der Waals surface area contributed by atoms with Crippen LogP contribution in [-0.2, 0) is 11.3 Å². The molecule has 0 fully saturated rings. The lowest BCUT2D eigenvalue weighted by atomic mass is 10.2. The molecule has 19 heavy (non-hydrogen) atoms. The molecule has 0 aliphatic rings. The van der Waals surface area contributed by atoms with E-state index < -0.39 is 0 Å². The molecule has 0 saturated heterocycles. The standard InChI is InChI=1S/C14H22ClNO3/c1-4-6-16-9-11-7-12(15)14(13(8-11)17-3)19-10-18-5-2/h7-8,16H,4-6,9-10H2,1-3H3. The first kappa shape index (κ1) is 16.1. The highest BCUT2D eigenvalue weighted by Crippen LogP contribution is 2.36. The molecule has 0 saturated carbocycles. The summed E-state index contributed by atoms with van der Waals surface area (Å²) < 4.78 is 15.9. The summed E-state index contributed by atoms with van der Waals surface area (Å²) in [5.41, 5.74) is 1.07. The molecule has 0 aliphatic carbocycles. The maximum absolute atomic E-state index is 6.22. The molecule has 0 radical (unpaired) electrons. The van der Waals surface area contributed by atoms with Gasteiger partial charge in [0, 0.05) is 13.2 Å². The minimum absolute atomic E-state index is 0.167. The number of rotatable bonds is 9. The molecule has 1 aromatic rings. The molecular weight excluding hydrogens is 266 g/mol. The van der Waals surface area contributed by atoms with Gasteiger partial charge in [-0.2, -0.15) is 0 Å². The smallest absolute Gasteiger partial charge is 0.189 e. The van der Waals surface area contributed by atoms with E-state index in [1.54, 1.807) is 7.11 Å². The second-order valence-corrected chi connectivity index (χ2v) is 4.45. The highest BCUT2D eigenvalue weighted by Gasteiger charge is 2.11. The van der Waals surface area contributed by atoms with Crippen LogP contribution in [0.4, 0.5) is 0 Å². The van der Waals surface area contributed by atoms with Crippen molar-refractivity contribution in [1.29, 1.82) is 0 Å². The Balaban J connectivity index is 2.76. The number of methoxy groups -OCH3 is 1. The zero-order valence-corrected chi connectivity index (χ0v) is 12.5. The molecule has 1 rings (SSSR count). The van der Waals surface area contributed by atoms with Crippen LogP contribution in [0.2, 0.25) is 5.02 Å². The van der Waals surface area contributed by atoms with Crippen molar-refractivity contribution in [3.05, 3.63) is 22.7 Å². The molecule has 0 spiro atoms. The molecule has 108 valence electrons. The van der Waals surface area contributed by atoms with Crippen LogP contribution in [0.3, 0.4) is 0 Å². The van der Waals surface area contributed by atoms with Gasteiger partial charge in [-0.3, -0.25) is 0 Å². The summed E-state index contributed by atoms with van der Waals surface area (Å²) in [6, 6.07) is 3.81. The van der Waals surface area contributed by atoms with E-state index in [0.717, 1.165) is 25.1 Å². The van der Waals surface area contributed by atoms with E-state index in [4.69, 9.17) is 25.8 Å². The molecular formula is C14H22ClNO3. The lowest BCUT2D eigenvalue weighted by molar-refractivity contribution is 0.0209. The van der Waals surface area contributed by atoms with Crippen molar-refractivity contribution in [2.24, 2.45) is 0 Å². The molecule has 5 heteroatoms. The average molecular weight is 288 g/mol. The van der Waals surface area contributed by atoms with Gasteiger partial charge in [-0.05, 0) is 37.6 Å². The van der Waals surface area contributed by atoms with Gasteiger partial charge >= 0.3 is 0 Å². The van der Waals surface area contributed by atoms with Crippen LogP contribution in [0.1, 0.15) is 25.8 Å². The largest absolute Gasteiger partial charge is 0.493 e. The monoisotopic (exact) mass is 287 g/mol. The molecule has 0 aromatic heterocycles. The van der Waals surface area contributed by atoms with Crippen molar-refractivity contribution >= 4 is 11.6 Å². The second-order valence-electron chi connectivity index (χ2n) is 4.04. The van der Waals surface area contributed by atoms with Gasteiger partial charge in [0.2, 0.25) is 0 Å². The summed E-state index contributed by atoms with van der Waals surface area (Å²) >= 11 is 6.22. The van der Waals surface area contributed by atoms with Crippen LogP contribution >= 0.6 is 11.6 Å². The Morgan fingerprint density at radius 3 is 2.68 bits per heavy atom. The third-order valence-electron chi connectivity index (χ3n) is 2.54. The molecule has 0 amide bonds. The minimum Gasteiger partial charge on any atom is -0.493 e. The first-order valence-corrected chi connectivity index (χ1v) is 6.88. The first-order valence-electron chi connectivity index (χ1n) is 6.50. The van der Waals surface area contributed by atoms with Gasteiger partial charge in [0.25, 0.3) is 0 Å². The average Bonchev–Trinajstić information content (AvgIpc) is 2.41. The number of hydrogen-bond acceptors (Lipinski definition) is 4. The van der Waals surface area contributed by atoms with E-state index in [0.29, 0.717) is 23.1 Å². The number of benzene rings is 1. The zero-order valence-electron chi connectivity index (χ0n) is 11.8. The van der Waals surface area contributed by atoms with E-state index in [1.165, 1.54) is 0 Å². The van der Waals surface area contributed by atoms with Gasteiger partial charge in [0.15, 0.2) is 18.3 Å². The molecule has 4 nitrogen and oxygen atoms in total. The molecule has 0 unspecified atom stereocenters. The number of ether oxygens (including phenoxy) is 3. The van der Waals surface area contributed by atoms with Crippen LogP contribution in [0, 0.1) is 0 Å². The van der Waals surface area contributed by atoms with Gasteiger partial charge in [-0.15, -0.1) is 0 Å². The van der Waals surface area contributed by atoms with Gasteiger partial charge in [-0.25, -0.2) is 0 Å². The maximum atomic E-state index is 6.22. The van der Waals surface area contributed by atoms with Crippen LogP contribution in [0.5, 0.6) is 11.5 Å². The van der Waals surface area contributed by atoms with Crippen molar-refractivity contribution in [3.8, 4) is 11.5 Å². The van der Waals surface area contributed by atoms with Crippen LogP contribution in [0.15, 0.2) is 12.1 Å². The van der Waals surface area contributed by atoms with E-state index in [9.17, 15) is 0 Å². The fourth-order valence-corrected chi connectivity index (χ4v) is 1.90. The van der Waals surface area contributed by atoms with Gasteiger partial charge in [0.05, 0.1) is 12.1 Å². The first-order chi connectivity index (χ1) is 9.22. The molecule has 1 N–H and O–H groups in total. The van der Waals surface area contributed by atoms with E-state index in [2.05, 4.69) is 12.2 Å². The minimum atomic E-state index is 0.167. The summed E-state index contributed by atoms with van der Waals surface area (Å²) in [5.74, 6) is 1.15. The topological polar surface area (TPSA) is 39.7 Å². The molecule has 0 atom stereocenters. The Morgan fingerprint density at radius 1 is 1.26 bits per heavy atom. The van der Waals surface area contributed by atoms with Crippen molar-refractivity contribution in [3.63, 3.8) is 0 Å². The normalized spacial score (nSPS) is 10.5. The Labute approximate surface area is 120 Å². The predicted octanol–water partition coefficient (Wildman–Crippen LogP) is 3.22. The summed E-state index contributed by atoms with van der Waals surface area (Å²) in [7, 11) is 1.60. The summed E-state index contributed by atoms with van der Waals surface area (Å²) in [6.07, 6.45) is 1.10. The van der Waals surface area contributed by atoms with Gasteiger partial charge < -0.3 is 19.5 Å². The number of nitrogens with one attached hydrogen (secondary N) is 1. The summed E-state index contributed by atoms with van der Waals surface area (Å²) in [6.45, 7) is 6.53. The van der Waals surface area contributed by atoms with Crippen molar-refractivity contribution in [1.82, 2.24) is 5.32 Å². The van der Waals surface area contributed by atoms with Crippen LogP contribution < -0.4 is 14.8 Å². The maximum Gasteiger partial charge on any atom is 0.189 e. The van der Waals surface area contributed by atoms with Crippen molar-refractivity contribution in [2.45, 2.75) is 26.8 Å². The van der Waals surface area contributed by atoms with Crippen molar-refractivity contribution in [2.75, 3.05) is 27.1 Å². The lowest BCUT2D eigenvalue weighted by Gasteiger charge is -2.14. The van der Waals surface area contributed by atoms with Crippen LogP contribution in [0.25, 0.3) is 0 Å². The Kier molecular flexibility index (Phi) is 7.63. The number of halogens is 1.